The van der Waals surface area contributed by atoms with Gasteiger partial charge in [0.2, 0.25) is 0 Å². The number of halogens is 1. The topological polar surface area (TPSA) is 113 Å². The molecule has 140 valence electrons. The van der Waals surface area contributed by atoms with E-state index in [1.54, 1.807) is 13.8 Å². The molecule has 3 amide bonds. The molecule has 0 bridgehead atoms. The van der Waals surface area contributed by atoms with Crippen LogP contribution in [0.4, 0.5) is 5.69 Å². The molecule has 0 unspecified atom stereocenters. The summed E-state index contributed by atoms with van der Waals surface area (Å²) in [7, 11) is 0. The number of non-ortho nitro benzene ring substituents is 1. The van der Waals surface area contributed by atoms with Crippen molar-refractivity contribution >= 4 is 46.0 Å². The molecule has 1 aliphatic rings. The first kappa shape index (κ1) is 20.1. The third-order valence-corrected chi connectivity index (χ3v) is 4.80. The molecule has 0 spiro atoms. The van der Waals surface area contributed by atoms with E-state index >= 15 is 0 Å². The number of piperazine rings is 1. The molecule has 1 aromatic carbocycles. The predicted octanol–water partition coefficient (Wildman–Crippen LogP) is 1.01. The van der Waals surface area contributed by atoms with Gasteiger partial charge in [-0.1, -0.05) is 0 Å². The Morgan fingerprint density at radius 3 is 2.27 bits per heavy atom. The Hall–Kier alpha value is -2.24. The van der Waals surface area contributed by atoms with Crippen LogP contribution in [0.2, 0.25) is 0 Å². The number of nitro groups is 1. The van der Waals surface area contributed by atoms with Gasteiger partial charge in [-0.2, -0.15) is 0 Å². The van der Waals surface area contributed by atoms with Gasteiger partial charge in [-0.25, -0.2) is 0 Å². The number of carbonyl (C=O) groups is 3. The van der Waals surface area contributed by atoms with Crippen molar-refractivity contribution in [2.24, 2.45) is 0 Å². The molecule has 1 N–H and O–H groups in total. The standard InChI is InChI=1S/C16H19IN4O5/c1-10(2)18-14(22)16(24)20-7-5-19(6-8-20)15(23)12-9-11(21(25)26)3-4-13(12)17/h3-4,9-10H,5-8H2,1-2H3,(H,18,22). The summed E-state index contributed by atoms with van der Waals surface area (Å²) < 4.78 is 0.619. The minimum absolute atomic E-state index is 0.134. The fourth-order valence-electron chi connectivity index (χ4n) is 2.54. The van der Waals surface area contributed by atoms with E-state index in [9.17, 15) is 24.5 Å². The second kappa shape index (κ2) is 8.43. The number of nitrogens with one attached hydrogen (secondary N) is 1. The van der Waals surface area contributed by atoms with E-state index in [1.807, 2.05) is 22.6 Å². The average Bonchev–Trinajstić information content (AvgIpc) is 2.60. The van der Waals surface area contributed by atoms with E-state index in [2.05, 4.69) is 5.32 Å². The zero-order chi connectivity index (χ0) is 19.4. The van der Waals surface area contributed by atoms with Crippen molar-refractivity contribution in [1.82, 2.24) is 15.1 Å². The first-order valence-corrected chi connectivity index (χ1v) is 9.11. The molecule has 0 atom stereocenters. The number of amides is 3. The lowest BCUT2D eigenvalue weighted by Gasteiger charge is -2.34. The maximum atomic E-state index is 12.7. The Kier molecular flexibility index (Phi) is 6.51. The fraction of sp³-hybridized carbons (Fsp3) is 0.438. The van der Waals surface area contributed by atoms with Crippen LogP contribution in [0, 0.1) is 13.7 Å². The van der Waals surface area contributed by atoms with E-state index in [1.165, 1.54) is 28.0 Å². The van der Waals surface area contributed by atoms with Crippen LogP contribution in [-0.4, -0.2) is 64.7 Å². The quantitative estimate of drug-likeness (QED) is 0.304. The summed E-state index contributed by atoms with van der Waals surface area (Å²) >= 11 is 1.96. The lowest BCUT2D eigenvalue weighted by Crippen LogP contribution is -2.54. The van der Waals surface area contributed by atoms with Crippen molar-refractivity contribution in [3.63, 3.8) is 0 Å². The van der Waals surface area contributed by atoms with Crippen LogP contribution in [0.1, 0.15) is 24.2 Å². The number of carbonyl (C=O) groups excluding carboxylic acids is 3. The molecule has 9 nitrogen and oxygen atoms in total. The van der Waals surface area contributed by atoms with Crippen LogP contribution in [0.15, 0.2) is 18.2 Å². The second-order valence-corrected chi connectivity index (χ2v) is 7.30. The number of hydrogen-bond donors (Lipinski definition) is 1. The molecule has 1 fully saturated rings. The molecule has 1 saturated heterocycles. The first-order valence-electron chi connectivity index (χ1n) is 8.03. The lowest BCUT2D eigenvalue weighted by atomic mass is 10.1. The van der Waals surface area contributed by atoms with Gasteiger partial charge in [-0.15, -0.1) is 0 Å². The van der Waals surface area contributed by atoms with Crippen molar-refractivity contribution in [3.8, 4) is 0 Å². The van der Waals surface area contributed by atoms with Gasteiger partial charge >= 0.3 is 11.8 Å². The van der Waals surface area contributed by atoms with Crippen molar-refractivity contribution in [1.29, 1.82) is 0 Å². The van der Waals surface area contributed by atoms with Crippen molar-refractivity contribution < 1.29 is 19.3 Å². The van der Waals surface area contributed by atoms with E-state index < -0.39 is 16.7 Å². The highest BCUT2D eigenvalue weighted by Crippen LogP contribution is 2.21. The molecule has 1 aliphatic heterocycles. The normalized spacial score (nSPS) is 14.3. The fourth-order valence-corrected chi connectivity index (χ4v) is 3.11. The zero-order valence-electron chi connectivity index (χ0n) is 14.4. The summed E-state index contributed by atoms with van der Waals surface area (Å²) in [5.74, 6) is -1.60. The highest BCUT2D eigenvalue weighted by atomic mass is 127. The summed E-state index contributed by atoms with van der Waals surface area (Å²) in [5.41, 5.74) is 0.116. The summed E-state index contributed by atoms with van der Waals surface area (Å²) in [6.07, 6.45) is 0. The van der Waals surface area contributed by atoms with Gasteiger partial charge in [-0.3, -0.25) is 24.5 Å². The molecule has 1 aromatic rings. The first-order chi connectivity index (χ1) is 12.2. The molecule has 0 aromatic heterocycles. The largest absolute Gasteiger partial charge is 0.346 e. The molecule has 26 heavy (non-hydrogen) atoms. The summed E-state index contributed by atoms with van der Waals surface area (Å²) in [4.78, 5) is 49.9. The Morgan fingerprint density at radius 1 is 1.15 bits per heavy atom. The highest BCUT2D eigenvalue weighted by Gasteiger charge is 2.29. The molecular weight excluding hydrogens is 455 g/mol. The summed E-state index contributed by atoms with van der Waals surface area (Å²) in [6, 6.07) is 4.01. The third-order valence-electron chi connectivity index (χ3n) is 3.86. The molecule has 10 heteroatoms. The SMILES string of the molecule is CC(C)NC(=O)C(=O)N1CCN(C(=O)c2cc([N+](=O)[O-])ccc2I)CC1. The minimum atomic E-state index is -0.659. The maximum Gasteiger partial charge on any atom is 0.312 e. The molecule has 0 saturated carbocycles. The van der Waals surface area contributed by atoms with Crippen LogP contribution in [0.5, 0.6) is 0 Å². The Balaban J connectivity index is 2.03. The Morgan fingerprint density at radius 2 is 1.73 bits per heavy atom. The van der Waals surface area contributed by atoms with E-state index in [4.69, 9.17) is 0 Å². The molecule has 1 heterocycles. The maximum absolute atomic E-state index is 12.7. The number of nitro benzene ring substituents is 1. The van der Waals surface area contributed by atoms with E-state index in [0.717, 1.165) is 0 Å². The van der Waals surface area contributed by atoms with E-state index in [-0.39, 0.29) is 49.4 Å². The molecular formula is C16H19IN4O5. The van der Waals surface area contributed by atoms with Gasteiger partial charge < -0.3 is 15.1 Å². The second-order valence-electron chi connectivity index (χ2n) is 6.13. The average molecular weight is 474 g/mol. The third kappa shape index (κ3) is 4.68. The number of nitrogens with zero attached hydrogens (tertiary/aromatic N) is 3. The number of hydrogen-bond acceptors (Lipinski definition) is 5. The van der Waals surface area contributed by atoms with Crippen molar-refractivity contribution in [2.75, 3.05) is 26.2 Å². The van der Waals surface area contributed by atoms with E-state index in [0.29, 0.717) is 3.57 Å². The van der Waals surface area contributed by atoms with Crippen LogP contribution < -0.4 is 5.32 Å². The van der Waals surface area contributed by atoms with Crippen molar-refractivity contribution in [3.05, 3.63) is 37.4 Å². The summed E-state index contributed by atoms with van der Waals surface area (Å²) in [6.45, 7) is 4.53. The van der Waals surface area contributed by atoms with Crippen molar-refractivity contribution in [2.45, 2.75) is 19.9 Å². The molecule has 2 rings (SSSR count). The van der Waals surface area contributed by atoms with Gasteiger partial charge in [0.15, 0.2) is 0 Å². The van der Waals surface area contributed by atoms with Crippen LogP contribution in [0.25, 0.3) is 0 Å². The Bertz CT molecular complexity index is 744. The van der Waals surface area contributed by atoms with Crippen LogP contribution >= 0.6 is 22.6 Å². The van der Waals surface area contributed by atoms with Crippen LogP contribution in [-0.2, 0) is 9.59 Å². The predicted molar refractivity (Wildman–Crippen MR) is 102 cm³/mol. The molecule has 0 aliphatic carbocycles. The summed E-state index contributed by atoms with van der Waals surface area (Å²) in [5, 5.41) is 13.5. The smallest absolute Gasteiger partial charge is 0.312 e. The lowest BCUT2D eigenvalue weighted by molar-refractivity contribution is -0.384. The number of benzene rings is 1. The van der Waals surface area contributed by atoms with Crippen LogP contribution in [0.3, 0.4) is 0 Å². The van der Waals surface area contributed by atoms with Gasteiger partial charge in [0.05, 0.1) is 10.5 Å². The van der Waals surface area contributed by atoms with Gasteiger partial charge in [-0.05, 0) is 42.5 Å². The van der Waals surface area contributed by atoms with Gasteiger partial charge in [0, 0.05) is 47.9 Å². The highest BCUT2D eigenvalue weighted by molar-refractivity contribution is 14.1. The monoisotopic (exact) mass is 474 g/mol. The number of rotatable bonds is 3. The Labute approximate surface area is 164 Å². The molecule has 0 radical (unpaired) electrons. The van der Waals surface area contributed by atoms with Gasteiger partial charge in [0.25, 0.3) is 11.6 Å². The zero-order valence-corrected chi connectivity index (χ0v) is 16.6. The van der Waals surface area contributed by atoms with Gasteiger partial charge in [0.1, 0.15) is 0 Å². The minimum Gasteiger partial charge on any atom is -0.346 e.